The van der Waals surface area contributed by atoms with Gasteiger partial charge in [0, 0.05) is 43.1 Å². The van der Waals surface area contributed by atoms with Crippen LogP contribution in [0.2, 0.25) is 0 Å². The summed E-state index contributed by atoms with van der Waals surface area (Å²) in [6.07, 6.45) is -2.27. The molecular formula is C17H21F3N2OS. The lowest BCUT2D eigenvalue weighted by Crippen LogP contribution is -2.43. The van der Waals surface area contributed by atoms with Crippen molar-refractivity contribution in [3.63, 3.8) is 0 Å². The zero-order valence-corrected chi connectivity index (χ0v) is 14.1. The third-order valence-corrected chi connectivity index (χ3v) is 5.52. The van der Waals surface area contributed by atoms with Gasteiger partial charge in [-0.3, -0.25) is 4.79 Å². The second-order valence-electron chi connectivity index (χ2n) is 6.34. The molecule has 24 heavy (non-hydrogen) atoms. The first kappa shape index (κ1) is 17.6. The van der Waals surface area contributed by atoms with E-state index in [1.54, 1.807) is 11.0 Å². The quantitative estimate of drug-likeness (QED) is 0.877. The van der Waals surface area contributed by atoms with Crippen molar-refractivity contribution in [2.24, 2.45) is 0 Å². The maximum atomic E-state index is 13.2. The van der Waals surface area contributed by atoms with Crippen molar-refractivity contribution in [2.45, 2.75) is 44.1 Å². The van der Waals surface area contributed by atoms with Gasteiger partial charge in [-0.1, -0.05) is 18.2 Å². The maximum Gasteiger partial charge on any atom is 0.416 e. The van der Waals surface area contributed by atoms with Gasteiger partial charge in [-0.15, -0.1) is 0 Å². The molecule has 0 aromatic heterocycles. The van der Waals surface area contributed by atoms with E-state index in [4.69, 9.17) is 0 Å². The normalized spacial score (nSPS) is 21.5. The van der Waals surface area contributed by atoms with E-state index in [2.05, 4.69) is 5.32 Å². The van der Waals surface area contributed by atoms with Gasteiger partial charge < -0.3 is 10.2 Å². The van der Waals surface area contributed by atoms with Gasteiger partial charge in [0.1, 0.15) is 0 Å². The van der Waals surface area contributed by atoms with Gasteiger partial charge in [0.2, 0.25) is 5.91 Å². The summed E-state index contributed by atoms with van der Waals surface area (Å²) in [5, 5.41) is 3.32. The summed E-state index contributed by atoms with van der Waals surface area (Å²) in [7, 11) is 0. The first-order chi connectivity index (χ1) is 11.4. The van der Waals surface area contributed by atoms with E-state index >= 15 is 0 Å². The lowest BCUT2D eigenvalue weighted by Gasteiger charge is -2.28. The van der Waals surface area contributed by atoms with Crippen LogP contribution in [0.3, 0.4) is 0 Å². The Labute approximate surface area is 144 Å². The first-order valence-electron chi connectivity index (χ1n) is 8.21. The van der Waals surface area contributed by atoms with Gasteiger partial charge in [-0.2, -0.15) is 24.9 Å². The molecule has 1 N–H and O–H groups in total. The van der Waals surface area contributed by atoms with Crippen LogP contribution < -0.4 is 5.32 Å². The summed E-state index contributed by atoms with van der Waals surface area (Å²) in [6, 6.07) is 5.76. The molecule has 1 saturated carbocycles. The molecule has 1 unspecified atom stereocenters. The topological polar surface area (TPSA) is 32.3 Å². The number of thioether (sulfide) groups is 1. The smallest absolute Gasteiger partial charge is 0.335 e. The van der Waals surface area contributed by atoms with E-state index in [9.17, 15) is 18.0 Å². The number of hydrogen-bond donors (Lipinski definition) is 1. The van der Waals surface area contributed by atoms with Crippen molar-refractivity contribution in [1.82, 2.24) is 10.2 Å². The fourth-order valence-corrected chi connectivity index (χ4v) is 3.95. The monoisotopic (exact) mass is 358 g/mol. The molecule has 0 spiro atoms. The SMILES string of the molecule is O=C(CC1CSCCN1)N(Cc1ccccc1C(F)(F)F)C1CC1. The highest BCUT2D eigenvalue weighted by Gasteiger charge is 2.37. The van der Waals surface area contributed by atoms with E-state index < -0.39 is 11.7 Å². The Morgan fingerprint density at radius 3 is 2.67 bits per heavy atom. The maximum absolute atomic E-state index is 13.2. The van der Waals surface area contributed by atoms with Gasteiger partial charge in [-0.25, -0.2) is 0 Å². The van der Waals surface area contributed by atoms with Crippen LogP contribution in [-0.2, 0) is 17.5 Å². The number of alkyl halides is 3. The molecule has 2 aliphatic rings. The number of rotatable bonds is 5. The summed E-state index contributed by atoms with van der Waals surface area (Å²) in [4.78, 5) is 14.3. The molecule has 1 aromatic rings. The highest BCUT2D eigenvalue weighted by atomic mass is 32.2. The van der Waals surface area contributed by atoms with Gasteiger partial charge in [0.25, 0.3) is 0 Å². The Hall–Kier alpha value is -1.21. The fourth-order valence-electron chi connectivity index (χ4n) is 3.00. The zero-order valence-electron chi connectivity index (χ0n) is 13.3. The van der Waals surface area contributed by atoms with E-state index in [1.807, 2.05) is 11.8 Å². The number of nitrogens with zero attached hydrogens (tertiary/aromatic N) is 1. The van der Waals surface area contributed by atoms with Crippen LogP contribution in [0.1, 0.15) is 30.4 Å². The summed E-state index contributed by atoms with van der Waals surface area (Å²) < 4.78 is 39.5. The molecule has 1 amide bonds. The average Bonchev–Trinajstić information content (AvgIpc) is 3.37. The lowest BCUT2D eigenvalue weighted by atomic mass is 10.1. The number of benzene rings is 1. The lowest BCUT2D eigenvalue weighted by molar-refractivity contribution is -0.140. The molecule has 2 fully saturated rings. The van der Waals surface area contributed by atoms with E-state index in [1.165, 1.54) is 12.1 Å². The summed E-state index contributed by atoms with van der Waals surface area (Å²) in [6.45, 7) is 0.919. The average molecular weight is 358 g/mol. The standard InChI is InChI=1S/C17H21F3N2OS/c18-17(19,20)15-4-2-1-3-12(15)10-22(14-5-6-14)16(23)9-13-11-24-8-7-21-13/h1-4,13-14,21H,5-11H2. The molecule has 1 heterocycles. The summed E-state index contributed by atoms with van der Waals surface area (Å²) in [5.74, 6) is 1.87. The number of hydrogen-bond acceptors (Lipinski definition) is 3. The molecule has 3 nitrogen and oxygen atoms in total. The Kier molecular flexibility index (Phi) is 5.39. The molecule has 1 atom stereocenters. The largest absolute Gasteiger partial charge is 0.416 e. The molecule has 1 aliphatic heterocycles. The van der Waals surface area contributed by atoms with Crippen molar-refractivity contribution in [1.29, 1.82) is 0 Å². The summed E-state index contributed by atoms with van der Waals surface area (Å²) >= 11 is 1.81. The van der Waals surface area contributed by atoms with Gasteiger partial charge in [0.15, 0.2) is 0 Å². The second kappa shape index (κ2) is 7.35. The van der Waals surface area contributed by atoms with Crippen LogP contribution in [-0.4, -0.2) is 40.9 Å². The Bertz CT molecular complexity index is 583. The van der Waals surface area contributed by atoms with Crippen LogP contribution in [0.25, 0.3) is 0 Å². The Balaban J connectivity index is 1.72. The molecule has 3 rings (SSSR count). The minimum absolute atomic E-state index is 0.0407. The predicted molar refractivity (Wildman–Crippen MR) is 88.7 cm³/mol. The molecule has 132 valence electrons. The fraction of sp³-hybridized carbons (Fsp3) is 0.588. The highest BCUT2D eigenvalue weighted by Crippen LogP contribution is 2.35. The van der Waals surface area contributed by atoms with Crippen LogP contribution in [0, 0.1) is 0 Å². The molecule has 7 heteroatoms. The molecule has 1 saturated heterocycles. The third kappa shape index (κ3) is 4.45. The van der Waals surface area contributed by atoms with Crippen molar-refractivity contribution in [3.8, 4) is 0 Å². The number of amides is 1. The molecular weight excluding hydrogens is 337 g/mol. The highest BCUT2D eigenvalue weighted by molar-refractivity contribution is 7.99. The minimum atomic E-state index is -4.39. The van der Waals surface area contributed by atoms with Crippen LogP contribution in [0.15, 0.2) is 24.3 Å². The van der Waals surface area contributed by atoms with E-state index in [0.29, 0.717) is 6.42 Å². The third-order valence-electron chi connectivity index (χ3n) is 4.39. The zero-order chi connectivity index (χ0) is 17.2. The number of halogens is 3. The number of carbonyl (C=O) groups is 1. The van der Waals surface area contributed by atoms with Crippen LogP contribution in [0.5, 0.6) is 0 Å². The number of carbonyl (C=O) groups excluding carboxylic acids is 1. The van der Waals surface area contributed by atoms with Crippen molar-refractivity contribution >= 4 is 17.7 Å². The van der Waals surface area contributed by atoms with E-state index in [0.717, 1.165) is 37.0 Å². The Morgan fingerprint density at radius 2 is 2.04 bits per heavy atom. The van der Waals surface area contributed by atoms with Crippen molar-refractivity contribution in [2.75, 3.05) is 18.1 Å². The first-order valence-corrected chi connectivity index (χ1v) is 9.36. The molecule has 0 bridgehead atoms. The minimum Gasteiger partial charge on any atom is -0.335 e. The van der Waals surface area contributed by atoms with Crippen molar-refractivity contribution < 1.29 is 18.0 Å². The van der Waals surface area contributed by atoms with Crippen LogP contribution in [0.4, 0.5) is 13.2 Å². The van der Waals surface area contributed by atoms with E-state index in [-0.39, 0.29) is 30.1 Å². The molecule has 1 aromatic carbocycles. The molecule has 0 radical (unpaired) electrons. The van der Waals surface area contributed by atoms with Crippen molar-refractivity contribution in [3.05, 3.63) is 35.4 Å². The Morgan fingerprint density at radius 1 is 1.29 bits per heavy atom. The molecule has 1 aliphatic carbocycles. The van der Waals surface area contributed by atoms with Gasteiger partial charge >= 0.3 is 6.18 Å². The second-order valence-corrected chi connectivity index (χ2v) is 7.49. The number of nitrogens with one attached hydrogen (secondary N) is 1. The van der Waals surface area contributed by atoms with Gasteiger partial charge in [0.05, 0.1) is 5.56 Å². The predicted octanol–water partition coefficient (Wildman–Crippen LogP) is 3.29. The summed E-state index contributed by atoms with van der Waals surface area (Å²) in [5.41, 5.74) is -0.467. The van der Waals surface area contributed by atoms with Gasteiger partial charge in [-0.05, 0) is 24.5 Å². The van der Waals surface area contributed by atoms with Crippen LogP contribution >= 0.6 is 11.8 Å².